The minimum absolute atomic E-state index is 0.0201. The van der Waals surface area contributed by atoms with Crippen LogP contribution in [0.15, 0.2) is 12.4 Å². The van der Waals surface area contributed by atoms with E-state index < -0.39 is 0 Å². The first-order chi connectivity index (χ1) is 7.61. The summed E-state index contributed by atoms with van der Waals surface area (Å²) >= 11 is 0. The molecule has 2 rings (SSSR count). The summed E-state index contributed by atoms with van der Waals surface area (Å²) in [6.45, 7) is 8.18. The van der Waals surface area contributed by atoms with Crippen LogP contribution < -0.4 is 5.32 Å². The van der Waals surface area contributed by atoms with E-state index >= 15 is 0 Å². The number of aromatic nitrogens is 2. The van der Waals surface area contributed by atoms with Gasteiger partial charge in [-0.1, -0.05) is 0 Å². The van der Waals surface area contributed by atoms with Gasteiger partial charge in [0.2, 0.25) is 5.95 Å². The normalized spacial score (nSPS) is 25.2. The maximum atomic E-state index is 5.74. The molecule has 0 aliphatic carbocycles. The quantitative estimate of drug-likeness (QED) is 0.852. The summed E-state index contributed by atoms with van der Waals surface area (Å²) in [5, 5.41) is 3.38. The molecule has 0 bridgehead atoms. The van der Waals surface area contributed by atoms with Crippen LogP contribution in [0.3, 0.4) is 0 Å². The van der Waals surface area contributed by atoms with E-state index in [2.05, 4.69) is 35.6 Å². The topological polar surface area (TPSA) is 39.1 Å². The van der Waals surface area contributed by atoms with E-state index in [0.717, 1.165) is 31.9 Å². The van der Waals surface area contributed by atoms with Crippen molar-refractivity contribution in [1.82, 2.24) is 9.55 Å². The summed E-state index contributed by atoms with van der Waals surface area (Å²) in [4.78, 5) is 4.33. The van der Waals surface area contributed by atoms with Gasteiger partial charge in [0.1, 0.15) is 0 Å². The first kappa shape index (κ1) is 11.5. The average Bonchev–Trinajstić information content (AvgIpc) is 2.83. The lowest BCUT2D eigenvalue weighted by molar-refractivity contribution is 0.0313. The molecule has 4 heteroatoms. The number of imidazole rings is 1. The monoisotopic (exact) mass is 223 g/mol. The van der Waals surface area contributed by atoms with E-state index in [0.29, 0.717) is 6.04 Å². The molecule has 90 valence electrons. The highest BCUT2D eigenvalue weighted by molar-refractivity contribution is 5.27. The van der Waals surface area contributed by atoms with E-state index in [1.807, 2.05) is 12.4 Å². The van der Waals surface area contributed by atoms with E-state index in [-0.39, 0.29) is 5.60 Å². The predicted octanol–water partition coefficient (Wildman–Crippen LogP) is 2.45. The van der Waals surface area contributed by atoms with Crippen molar-refractivity contribution in [3.05, 3.63) is 12.4 Å². The van der Waals surface area contributed by atoms with Crippen molar-refractivity contribution < 1.29 is 4.74 Å². The third-order valence-corrected chi connectivity index (χ3v) is 3.15. The van der Waals surface area contributed by atoms with Gasteiger partial charge in [0, 0.05) is 31.6 Å². The van der Waals surface area contributed by atoms with Crippen molar-refractivity contribution in [2.24, 2.45) is 0 Å². The third-order valence-electron chi connectivity index (χ3n) is 3.15. The summed E-state index contributed by atoms with van der Waals surface area (Å²) in [6.07, 6.45) is 6.13. The van der Waals surface area contributed by atoms with Crippen LogP contribution in [0.5, 0.6) is 0 Å². The van der Waals surface area contributed by atoms with Gasteiger partial charge in [-0.3, -0.25) is 0 Å². The Bertz CT molecular complexity index is 340. The maximum Gasteiger partial charge on any atom is 0.203 e. The molecule has 1 fully saturated rings. The van der Waals surface area contributed by atoms with Gasteiger partial charge in [0.05, 0.1) is 5.60 Å². The zero-order valence-electron chi connectivity index (χ0n) is 10.4. The minimum atomic E-state index is -0.0201. The molecule has 1 saturated heterocycles. The van der Waals surface area contributed by atoms with Crippen LogP contribution in [0.2, 0.25) is 0 Å². The van der Waals surface area contributed by atoms with E-state index in [1.165, 1.54) is 0 Å². The molecule has 2 heterocycles. The lowest BCUT2D eigenvalue weighted by Crippen LogP contribution is -2.33. The molecular weight excluding hydrogens is 202 g/mol. The lowest BCUT2D eigenvalue weighted by atomic mass is 10.0. The second-order valence-corrected chi connectivity index (χ2v) is 5.01. The molecule has 0 amide bonds. The molecule has 0 saturated carbocycles. The molecule has 1 aliphatic heterocycles. The fraction of sp³-hybridized carbons (Fsp3) is 0.750. The zero-order chi connectivity index (χ0) is 11.6. The second kappa shape index (κ2) is 4.45. The van der Waals surface area contributed by atoms with Crippen LogP contribution in [0, 0.1) is 0 Å². The van der Waals surface area contributed by atoms with Gasteiger partial charge in [-0.2, -0.15) is 0 Å². The Labute approximate surface area is 97.0 Å². The molecular formula is C12H21N3O. The Morgan fingerprint density at radius 2 is 2.44 bits per heavy atom. The maximum absolute atomic E-state index is 5.74. The molecule has 1 N–H and O–H groups in total. The highest BCUT2D eigenvalue weighted by Crippen LogP contribution is 2.25. The van der Waals surface area contributed by atoms with Crippen molar-refractivity contribution in [2.45, 2.75) is 45.3 Å². The number of anilines is 1. The van der Waals surface area contributed by atoms with Crippen LogP contribution in [-0.2, 0) is 4.74 Å². The summed E-state index contributed by atoms with van der Waals surface area (Å²) in [5.41, 5.74) is -0.0201. The Hall–Kier alpha value is -1.03. The largest absolute Gasteiger partial charge is 0.373 e. The zero-order valence-corrected chi connectivity index (χ0v) is 10.4. The lowest BCUT2D eigenvalue weighted by Gasteiger charge is -2.24. The molecule has 16 heavy (non-hydrogen) atoms. The van der Waals surface area contributed by atoms with Crippen LogP contribution >= 0.6 is 0 Å². The molecule has 0 radical (unpaired) electrons. The first-order valence-corrected chi connectivity index (χ1v) is 6.01. The van der Waals surface area contributed by atoms with Crippen molar-refractivity contribution in [3.8, 4) is 0 Å². The number of hydrogen-bond acceptors (Lipinski definition) is 3. The molecule has 1 aromatic heterocycles. The number of ether oxygens (including phenoxy) is 1. The van der Waals surface area contributed by atoms with E-state index in [4.69, 9.17) is 4.74 Å². The van der Waals surface area contributed by atoms with Gasteiger partial charge in [-0.05, 0) is 33.6 Å². The molecule has 0 aromatic carbocycles. The van der Waals surface area contributed by atoms with Crippen molar-refractivity contribution in [2.75, 3.05) is 18.5 Å². The Morgan fingerprint density at radius 3 is 3.06 bits per heavy atom. The number of nitrogens with zero attached hydrogens (tertiary/aromatic N) is 2. The summed E-state index contributed by atoms with van der Waals surface area (Å²) in [6, 6.07) is 0.433. The van der Waals surface area contributed by atoms with Crippen molar-refractivity contribution in [1.29, 1.82) is 0 Å². The molecule has 4 nitrogen and oxygen atoms in total. The molecule has 0 spiro atoms. The SMILES string of the molecule is CC(C)n1ccnc1NCC1(C)CCCO1. The van der Waals surface area contributed by atoms with Crippen molar-refractivity contribution >= 4 is 5.95 Å². The third kappa shape index (κ3) is 2.38. The first-order valence-electron chi connectivity index (χ1n) is 6.01. The number of rotatable bonds is 4. The van der Waals surface area contributed by atoms with E-state index in [1.54, 1.807) is 0 Å². The summed E-state index contributed by atoms with van der Waals surface area (Å²) in [7, 11) is 0. The van der Waals surface area contributed by atoms with Crippen molar-refractivity contribution in [3.63, 3.8) is 0 Å². The average molecular weight is 223 g/mol. The van der Waals surface area contributed by atoms with Crippen LogP contribution in [0.1, 0.15) is 39.7 Å². The molecule has 1 unspecified atom stereocenters. The Morgan fingerprint density at radius 1 is 1.62 bits per heavy atom. The van der Waals surface area contributed by atoms with Gasteiger partial charge in [0.25, 0.3) is 0 Å². The highest BCUT2D eigenvalue weighted by atomic mass is 16.5. The number of nitrogens with one attached hydrogen (secondary N) is 1. The van der Waals surface area contributed by atoms with Gasteiger partial charge in [0.15, 0.2) is 0 Å². The van der Waals surface area contributed by atoms with Gasteiger partial charge >= 0.3 is 0 Å². The van der Waals surface area contributed by atoms with Gasteiger partial charge in [-0.15, -0.1) is 0 Å². The Balaban J connectivity index is 1.96. The minimum Gasteiger partial charge on any atom is -0.373 e. The molecule has 1 aromatic rings. The summed E-state index contributed by atoms with van der Waals surface area (Å²) < 4.78 is 7.88. The molecule has 1 atom stereocenters. The fourth-order valence-electron chi connectivity index (χ4n) is 2.11. The second-order valence-electron chi connectivity index (χ2n) is 5.01. The van der Waals surface area contributed by atoms with E-state index in [9.17, 15) is 0 Å². The summed E-state index contributed by atoms with van der Waals surface area (Å²) in [5.74, 6) is 0.937. The van der Waals surface area contributed by atoms with Crippen LogP contribution in [0.4, 0.5) is 5.95 Å². The number of hydrogen-bond donors (Lipinski definition) is 1. The fourth-order valence-corrected chi connectivity index (χ4v) is 2.11. The smallest absolute Gasteiger partial charge is 0.203 e. The van der Waals surface area contributed by atoms with Crippen LogP contribution in [-0.4, -0.2) is 28.3 Å². The van der Waals surface area contributed by atoms with Crippen LogP contribution in [0.25, 0.3) is 0 Å². The standard InChI is InChI=1S/C12H21N3O/c1-10(2)15-7-6-13-11(15)14-9-12(3)5-4-8-16-12/h6-7,10H,4-5,8-9H2,1-3H3,(H,13,14). The predicted molar refractivity (Wildman–Crippen MR) is 64.7 cm³/mol. The molecule has 1 aliphatic rings. The van der Waals surface area contributed by atoms with Gasteiger partial charge in [-0.25, -0.2) is 4.98 Å². The van der Waals surface area contributed by atoms with Gasteiger partial charge < -0.3 is 14.6 Å². The highest BCUT2D eigenvalue weighted by Gasteiger charge is 2.29. The Kier molecular flexibility index (Phi) is 3.19.